The molecule has 3 nitrogen and oxygen atoms in total. The first-order valence-electron chi connectivity index (χ1n) is 6.91. The lowest BCUT2D eigenvalue weighted by atomic mass is 10.2. The maximum atomic E-state index is 5.37. The van der Waals surface area contributed by atoms with E-state index in [1.54, 1.807) is 18.4 Å². The fourth-order valence-corrected chi connectivity index (χ4v) is 3.40. The van der Waals surface area contributed by atoms with Crippen LogP contribution in [0.1, 0.15) is 5.56 Å². The van der Waals surface area contributed by atoms with Crippen LogP contribution < -0.4 is 15.4 Å². The van der Waals surface area contributed by atoms with E-state index in [4.69, 9.17) is 17.0 Å². The topological polar surface area (TPSA) is 33.3 Å². The smallest absolute Gasteiger partial charge is 0.171 e. The Morgan fingerprint density at radius 3 is 2.77 bits per heavy atom. The molecule has 0 amide bonds. The number of nitrogens with one attached hydrogen (secondary N) is 2. The molecule has 0 radical (unpaired) electrons. The SMILES string of the molecule is COc1ccccc1NC(=S)NCc1csc2ccccc12. The van der Waals surface area contributed by atoms with Crippen molar-refractivity contribution in [2.45, 2.75) is 6.54 Å². The quantitative estimate of drug-likeness (QED) is 0.696. The van der Waals surface area contributed by atoms with Crippen molar-refractivity contribution in [2.75, 3.05) is 12.4 Å². The van der Waals surface area contributed by atoms with Crippen LogP contribution in [0.2, 0.25) is 0 Å². The van der Waals surface area contributed by atoms with Gasteiger partial charge in [-0.1, -0.05) is 30.3 Å². The van der Waals surface area contributed by atoms with E-state index in [-0.39, 0.29) is 0 Å². The lowest BCUT2D eigenvalue weighted by Crippen LogP contribution is -2.27. The van der Waals surface area contributed by atoms with Gasteiger partial charge in [0.05, 0.1) is 12.8 Å². The molecular weight excluding hydrogens is 312 g/mol. The Balaban J connectivity index is 1.65. The number of para-hydroxylation sites is 2. The molecule has 5 heteroatoms. The first kappa shape index (κ1) is 14.8. The van der Waals surface area contributed by atoms with Crippen LogP contribution in [-0.2, 0) is 6.54 Å². The Labute approximate surface area is 138 Å². The number of hydrogen-bond donors (Lipinski definition) is 2. The van der Waals surface area contributed by atoms with Crippen molar-refractivity contribution in [3.63, 3.8) is 0 Å². The zero-order valence-corrected chi connectivity index (χ0v) is 13.8. The number of fused-ring (bicyclic) bond motifs is 1. The second-order valence-electron chi connectivity index (χ2n) is 4.77. The van der Waals surface area contributed by atoms with E-state index >= 15 is 0 Å². The third-order valence-electron chi connectivity index (χ3n) is 3.36. The molecule has 2 N–H and O–H groups in total. The number of thiophene rings is 1. The predicted molar refractivity (Wildman–Crippen MR) is 97.9 cm³/mol. The summed E-state index contributed by atoms with van der Waals surface area (Å²) in [4.78, 5) is 0. The van der Waals surface area contributed by atoms with Crippen LogP contribution in [0.5, 0.6) is 5.75 Å². The first-order chi connectivity index (χ1) is 10.8. The van der Waals surface area contributed by atoms with Crippen molar-refractivity contribution < 1.29 is 4.74 Å². The summed E-state index contributed by atoms with van der Waals surface area (Å²) in [6, 6.07) is 16.1. The van der Waals surface area contributed by atoms with Gasteiger partial charge >= 0.3 is 0 Å². The second-order valence-corrected chi connectivity index (χ2v) is 6.08. The fourth-order valence-electron chi connectivity index (χ4n) is 2.26. The Hall–Kier alpha value is -2.11. The molecule has 0 aliphatic carbocycles. The number of rotatable bonds is 4. The van der Waals surface area contributed by atoms with Crippen LogP contribution in [0, 0.1) is 0 Å². The first-order valence-corrected chi connectivity index (χ1v) is 8.19. The van der Waals surface area contributed by atoms with Crippen molar-refractivity contribution in [3.8, 4) is 5.75 Å². The molecule has 3 aromatic rings. The van der Waals surface area contributed by atoms with Gasteiger partial charge in [0.25, 0.3) is 0 Å². The molecule has 3 rings (SSSR count). The predicted octanol–water partition coefficient (Wildman–Crippen LogP) is 4.40. The molecule has 0 atom stereocenters. The molecule has 1 aromatic heterocycles. The minimum Gasteiger partial charge on any atom is -0.495 e. The Kier molecular flexibility index (Phi) is 4.56. The van der Waals surface area contributed by atoms with E-state index in [1.165, 1.54) is 15.6 Å². The van der Waals surface area contributed by atoms with E-state index in [0.29, 0.717) is 11.7 Å². The second kappa shape index (κ2) is 6.77. The maximum Gasteiger partial charge on any atom is 0.171 e. The van der Waals surface area contributed by atoms with Crippen LogP contribution in [0.3, 0.4) is 0 Å². The summed E-state index contributed by atoms with van der Waals surface area (Å²) in [5, 5.41) is 10.5. The van der Waals surface area contributed by atoms with Gasteiger partial charge < -0.3 is 15.4 Å². The molecule has 112 valence electrons. The zero-order valence-electron chi connectivity index (χ0n) is 12.1. The van der Waals surface area contributed by atoms with E-state index in [9.17, 15) is 0 Å². The van der Waals surface area contributed by atoms with Crippen molar-refractivity contribution in [2.24, 2.45) is 0 Å². The minimum atomic E-state index is 0.583. The van der Waals surface area contributed by atoms with Gasteiger partial charge in [0.15, 0.2) is 5.11 Å². The molecule has 0 unspecified atom stereocenters. The van der Waals surface area contributed by atoms with Crippen molar-refractivity contribution in [1.82, 2.24) is 5.32 Å². The number of thiocarbonyl (C=S) groups is 1. The Morgan fingerprint density at radius 1 is 1.14 bits per heavy atom. The number of hydrogen-bond acceptors (Lipinski definition) is 3. The van der Waals surface area contributed by atoms with Crippen LogP contribution in [0.15, 0.2) is 53.9 Å². The van der Waals surface area contributed by atoms with Gasteiger partial charge in [0.2, 0.25) is 0 Å². The van der Waals surface area contributed by atoms with Crippen LogP contribution in [-0.4, -0.2) is 12.2 Å². The van der Waals surface area contributed by atoms with Crippen LogP contribution >= 0.6 is 23.6 Å². The molecule has 0 saturated heterocycles. The van der Waals surface area contributed by atoms with E-state index in [0.717, 1.165) is 11.4 Å². The summed E-state index contributed by atoms with van der Waals surface area (Å²) < 4.78 is 6.60. The average Bonchev–Trinajstić information content (AvgIpc) is 2.97. The summed E-state index contributed by atoms with van der Waals surface area (Å²) in [6.07, 6.45) is 0. The summed E-state index contributed by atoms with van der Waals surface area (Å²) in [5.74, 6) is 0.771. The highest BCUT2D eigenvalue weighted by Crippen LogP contribution is 2.26. The number of anilines is 1. The molecule has 1 heterocycles. The van der Waals surface area contributed by atoms with E-state index in [1.807, 2.05) is 24.3 Å². The lowest BCUT2D eigenvalue weighted by Gasteiger charge is -2.13. The minimum absolute atomic E-state index is 0.583. The van der Waals surface area contributed by atoms with Gasteiger partial charge in [0, 0.05) is 11.2 Å². The van der Waals surface area contributed by atoms with Gasteiger partial charge in [-0.2, -0.15) is 0 Å². The summed E-state index contributed by atoms with van der Waals surface area (Å²) in [6.45, 7) is 0.699. The molecule has 2 aromatic carbocycles. The Morgan fingerprint density at radius 2 is 1.91 bits per heavy atom. The molecule has 0 saturated carbocycles. The summed E-state index contributed by atoms with van der Waals surface area (Å²) in [7, 11) is 1.65. The number of benzene rings is 2. The highest BCUT2D eigenvalue weighted by Gasteiger charge is 2.06. The van der Waals surface area contributed by atoms with Crippen LogP contribution in [0.25, 0.3) is 10.1 Å². The maximum absolute atomic E-state index is 5.37. The average molecular weight is 328 g/mol. The van der Waals surface area contributed by atoms with E-state index in [2.05, 4.69) is 40.3 Å². The van der Waals surface area contributed by atoms with Gasteiger partial charge in [-0.3, -0.25) is 0 Å². The molecule has 0 aliphatic heterocycles. The van der Waals surface area contributed by atoms with Crippen molar-refractivity contribution in [1.29, 1.82) is 0 Å². The zero-order chi connectivity index (χ0) is 15.4. The lowest BCUT2D eigenvalue weighted by molar-refractivity contribution is 0.417. The van der Waals surface area contributed by atoms with E-state index < -0.39 is 0 Å². The largest absolute Gasteiger partial charge is 0.495 e. The van der Waals surface area contributed by atoms with Gasteiger partial charge in [0.1, 0.15) is 5.75 Å². The highest BCUT2D eigenvalue weighted by atomic mass is 32.1. The monoisotopic (exact) mass is 328 g/mol. The molecule has 22 heavy (non-hydrogen) atoms. The number of methoxy groups -OCH3 is 1. The molecule has 0 fully saturated rings. The fraction of sp³-hybridized carbons (Fsp3) is 0.118. The van der Waals surface area contributed by atoms with Gasteiger partial charge in [-0.15, -0.1) is 11.3 Å². The molecule has 0 aliphatic rings. The van der Waals surface area contributed by atoms with Crippen LogP contribution in [0.4, 0.5) is 5.69 Å². The number of ether oxygens (including phenoxy) is 1. The standard InChI is InChI=1S/C17H16N2OS2/c1-20-15-8-4-3-7-14(15)19-17(21)18-10-12-11-22-16-9-5-2-6-13(12)16/h2-9,11H,10H2,1H3,(H2,18,19,21). The summed E-state index contributed by atoms with van der Waals surface area (Å²) >= 11 is 7.12. The third-order valence-corrected chi connectivity index (χ3v) is 4.61. The van der Waals surface area contributed by atoms with Crippen molar-refractivity contribution in [3.05, 3.63) is 59.5 Å². The van der Waals surface area contributed by atoms with Crippen molar-refractivity contribution >= 4 is 44.4 Å². The summed E-state index contributed by atoms with van der Waals surface area (Å²) in [5.41, 5.74) is 2.11. The Bertz CT molecular complexity index is 798. The third kappa shape index (κ3) is 3.21. The highest BCUT2D eigenvalue weighted by molar-refractivity contribution is 7.80. The van der Waals surface area contributed by atoms with Gasteiger partial charge in [-0.05, 0) is 46.7 Å². The molecular formula is C17H16N2OS2. The normalized spacial score (nSPS) is 10.4. The van der Waals surface area contributed by atoms with Gasteiger partial charge in [-0.25, -0.2) is 0 Å². The molecule has 0 bridgehead atoms. The molecule has 0 spiro atoms.